The number of fused-ring (bicyclic) bond motifs is 9. The molecule has 0 heteroatoms. The van der Waals surface area contributed by atoms with Crippen LogP contribution in [0.2, 0.25) is 0 Å². The standard InChI is InChI=1S/C63H44/c1-35-31-51-50-33-42(55-36(2)15-11-16-37(55)3)27-28-44(50)52-34-54-60(45-24-13-22-40-19-9-10-23-43(40)45)63-48-26-14-25-46-47(56-38(4)17-12-18-39(56)5)29-30-49(58(46)48)62(63)57(41-20-7-6-8-21-41)61(54)53(32-35)59(51)52/h6-34H,1-5H3. The van der Waals surface area contributed by atoms with E-state index in [1.807, 2.05) is 0 Å². The fourth-order valence-corrected chi connectivity index (χ4v) is 12.0. The van der Waals surface area contributed by atoms with Crippen LogP contribution in [0.25, 0.3) is 131 Å². The summed E-state index contributed by atoms with van der Waals surface area (Å²) in [5.41, 5.74) is 16.9. The van der Waals surface area contributed by atoms with E-state index in [9.17, 15) is 0 Å². The first kappa shape index (κ1) is 36.1. The van der Waals surface area contributed by atoms with E-state index in [4.69, 9.17) is 0 Å². The molecule has 0 nitrogen and oxygen atoms in total. The van der Waals surface area contributed by atoms with Gasteiger partial charge in [-0.25, -0.2) is 0 Å². The Balaban J connectivity index is 1.30. The summed E-state index contributed by atoms with van der Waals surface area (Å²) >= 11 is 0. The van der Waals surface area contributed by atoms with Crippen LogP contribution >= 0.6 is 0 Å². The molecule has 0 radical (unpaired) electrons. The predicted octanol–water partition coefficient (Wildman–Crippen LogP) is 18.0. The third-order valence-corrected chi connectivity index (χ3v) is 14.5. The van der Waals surface area contributed by atoms with Gasteiger partial charge in [0.05, 0.1) is 0 Å². The lowest BCUT2D eigenvalue weighted by atomic mass is 9.82. The van der Waals surface area contributed by atoms with E-state index in [2.05, 4.69) is 211 Å². The molecule has 0 saturated heterocycles. The van der Waals surface area contributed by atoms with Gasteiger partial charge in [0.1, 0.15) is 0 Å². The Bertz CT molecular complexity index is 4010. The molecule has 0 aliphatic heterocycles. The van der Waals surface area contributed by atoms with Crippen LogP contribution in [0.3, 0.4) is 0 Å². The molecular weight excluding hydrogens is 757 g/mol. The molecule has 0 aliphatic rings. The van der Waals surface area contributed by atoms with Crippen LogP contribution in [-0.4, -0.2) is 0 Å². The summed E-state index contributed by atoms with van der Waals surface area (Å²) in [5, 5.41) is 21.1. The minimum atomic E-state index is 1.24. The van der Waals surface area contributed by atoms with Crippen LogP contribution in [0.5, 0.6) is 0 Å². The molecule has 0 aliphatic carbocycles. The Morgan fingerprint density at radius 2 is 0.794 bits per heavy atom. The summed E-state index contributed by atoms with van der Waals surface area (Å²) in [5.74, 6) is 0. The van der Waals surface area contributed by atoms with E-state index in [0.717, 1.165) is 0 Å². The summed E-state index contributed by atoms with van der Waals surface area (Å²) in [7, 11) is 0. The molecule has 0 N–H and O–H groups in total. The molecule has 0 aromatic heterocycles. The maximum atomic E-state index is 2.58. The van der Waals surface area contributed by atoms with Crippen LogP contribution in [0.4, 0.5) is 0 Å². The summed E-state index contributed by atoms with van der Waals surface area (Å²) in [6, 6.07) is 67.1. The lowest BCUT2D eigenvalue weighted by molar-refractivity contribution is 1.38. The molecule has 296 valence electrons. The van der Waals surface area contributed by atoms with Crippen molar-refractivity contribution in [3.8, 4) is 44.5 Å². The maximum absolute atomic E-state index is 2.58. The van der Waals surface area contributed by atoms with Crippen LogP contribution < -0.4 is 0 Å². The van der Waals surface area contributed by atoms with Crippen molar-refractivity contribution in [3.05, 3.63) is 204 Å². The van der Waals surface area contributed by atoms with Crippen molar-refractivity contribution in [2.45, 2.75) is 34.6 Å². The highest BCUT2D eigenvalue weighted by atomic mass is 14.3. The highest BCUT2D eigenvalue weighted by Gasteiger charge is 2.28. The molecule has 0 spiro atoms. The largest absolute Gasteiger partial charge is 0.0622 e. The van der Waals surface area contributed by atoms with Gasteiger partial charge in [0.15, 0.2) is 0 Å². The first-order valence-corrected chi connectivity index (χ1v) is 22.3. The second-order valence-electron chi connectivity index (χ2n) is 18.2. The van der Waals surface area contributed by atoms with Gasteiger partial charge in [0.2, 0.25) is 0 Å². The Morgan fingerprint density at radius 1 is 0.238 bits per heavy atom. The summed E-state index contributed by atoms with van der Waals surface area (Å²) in [6.07, 6.45) is 0. The fraction of sp³-hybridized carbons (Fsp3) is 0.0794. The maximum Gasteiger partial charge on any atom is -0.000718 e. The van der Waals surface area contributed by atoms with Crippen molar-refractivity contribution in [3.63, 3.8) is 0 Å². The average molecular weight is 801 g/mol. The van der Waals surface area contributed by atoms with Gasteiger partial charge in [-0.15, -0.1) is 0 Å². The van der Waals surface area contributed by atoms with E-state index in [1.165, 1.54) is 159 Å². The van der Waals surface area contributed by atoms with Gasteiger partial charge < -0.3 is 0 Å². The monoisotopic (exact) mass is 800 g/mol. The third-order valence-electron chi connectivity index (χ3n) is 14.5. The van der Waals surface area contributed by atoms with Crippen molar-refractivity contribution in [2.75, 3.05) is 0 Å². The lowest BCUT2D eigenvalue weighted by Crippen LogP contribution is -1.92. The Labute approximate surface area is 367 Å². The molecule has 0 heterocycles. The van der Waals surface area contributed by atoms with E-state index in [0.29, 0.717) is 0 Å². The van der Waals surface area contributed by atoms with Crippen molar-refractivity contribution in [2.24, 2.45) is 0 Å². The topological polar surface area (TPSA) is 0 Å². The predicted molar refractivity (Wildman–Crippen MR) is 274 cm³/mol. The molecule has 13 rings (SSSR count). The molecule has 63 heavy (non-hydrogen) atoms. The normalized spacial score (nSPS) is 12.2. The summed E-state index contributed by atoms with van der Waals surface area (Å²) in [4.78, 5) is 0. The van der Waals surface area contributed by atoms with Gasteiger partial charge in [-0.3, -0.25) is 0 Å². The molecule has 0 atom stereocenters. The Morgan fingerprint density at radius 3 is 1.59 bits per heavy atom. The number of rotatable bonds is 4. The van der Waals surface area contributed by atoms with Crippen LogP contribution in [0.15, 0.2) is 176 Å². The van der Waals surface area contributed by atoms with Gasteiger partial charge in [0, 0.05) is 0 Å². The summed E-state index contributed by atoms with van der Waals surface area (Å²) in [6.45, 7) is 11.3. The molecular formula is C63H44. The number of aryl methyl sites for hydroxylation is 5. The van der Waals surface area contributed by atoms with E-state index >= 15 is 0 Å². The second-order valence-corrected chi connectivity index (χ2v) is 18.2. The van der Waals surface area contributed by atoms with E-state index < -0.39 is 0 Å². The first-order valence-electron chi connectivity index (χ1n) is 22.3. The lowest BCUT2D eigenvalue weighted by Gasteiger charge is -2.20. The third kappa shape index (κ3) is 4.98. The molecule has 0 saturated carbocycles. The number of hydrogen-bond acceptors (Lipinski definition) is 0. The van der Waals surface area contributed by atoms with Gasteiger partial charge in [-0.2, -0.15) is 0 Å². The van der Waals surface area contributed by atoms with Crippen LogP contribution in [-0.2, 0) is 0 Å². The molecule has 0 fully saturated rings. The quantitative estimate of drug-likeness (QED) is 0.156. The minimum Gasteiger partial charge on any atom is -0.0622 e. The fourth-order valence-electron chi connectivity index (χ4n) is 12.0. The minimum absolute atomic E-state index is 1.24. The number of hydrogen-bond donors (Lipinski definition) is 0. The van der Waals surface area contributed by atoms with Crippen LogP contribution in [0.1, 0.15) is 27.8 Å². The second kappa shape index (κ2) is 13.2. The van der Waals surface area contributed by atoms with Gasteiger partial charge in [-0.1, -0.05) is 164 Å². The zero-order valence-corrected chi connectivity index (χ0v) is 36.2. The average Bonchev–Trinajstić information content (AvgIpc) is 3.79. The van der Waals surface area contributed by atoms with Crippen LogP contribution in [0, 0.1) is 34.6 Å². The zero-order valence-electron chi connectivity index (χ0n) is 36.2. The molecule has 13 aromatic rings. The van der Waals surface area contributed by atoms with E-state index in [-0.39, 0.29) is 0 Å². The van der Waals surface area contributed by atoms with Gasteiger partial charge in [-0.05, 0) is 205 Å². The zero-order chi connectivity index (χ0) is 42.2. The van der Waals surface area contributed by atoms with Gasteiger partial charge in [0.25, 0.3) is 0 Å². The highest BCUT2D eigenvalue weighted by molar-refractivity contribution is 6.45. The molecule has 0 unspecified atom stereocenters. The van der Waals surface area contributed by atoms with Crippen molar-refractivity contribution in [1.82, 2.24) is 0 Å². The molecule has 0 bridgehead atoms. The van der Waals surface area contributed by atoms with Crippen molar-refractivity contribution in [1.29, 1.82) is 0 Å². The molecule has 0 amide bonds. The Kier molecular flexibility index (Phi) is 7.59. The number of benzene rings is 11. The molecule has 13 aromatic carbocycles. The smallest absolute Gasteiger partial charge is 0.000718 e. The Hall–Kier alpha value is -7.54. The van der Waals surface area contributed by atoms with Crippen molar-refractivity contribution >= 4 is 86.2 Å². The SMILES string of the molecule is Cc1cc2c3cc(-c4c(C)cccc4C)ccc3c3cc4c(-c5cccc6ccccc56)c5c6cccc7c(-c8c(C)cccc8C)ccc(c5c(-c5ccccc5)c4c(c1)c23)c76. The van der Waals surface area contributed by atoms with Gasteiger partial charge >= 0.3 is 0 Å². The van der Waals surface area contributed by atoms with Crippen molar-refractivity contribution < 1.29 is 0 Å². The van der Waals surface area contributed by atoms with E-state index in [1.54, 1.807) is 0 Å². The first-order chi connectivity index (χ1) is 30.9. The summed E-state index contributed by atoms with van der Waals surface area (Å²) < 4.78 is 0. The highest BCUT2D eigenvalue weighted by Crippen LogP contribution is 2.56.